The molecule has 18 heavy (non-hydrogen) atoms. The van der Waals surface area contributed by atoms with Gasteiger partial charge in [-0.2, -0.15) is 0 Å². The predicted molar refractivity (Wildman–Crippen MR) is 72.4 cm³/mol. The number of benzene rings is 1. The summed E-state index contributed by atoms with van der Waals surface area (Å²) in [6.45, 7) is 5.87. The number of nitrogens with two attached hydrogens (primary N) is 1. The monoisotopic (exact) mass is 249 g/mol. The molecule has 0 spiro atoms. The number of hydrogen-bond acceptors (Lipinski definition) is 3. The van der Waals surface area contributed by atoms with Crippen molar-refractivity contribution in [1.82, 2.24) is 0 Å². The highest BCUT2D eigenvalue weighted by Crippen LogP contribution is 2.41. The minimum absolute atomic E-state index is 0.323. The summed E-state index contributed by atoms with van der Waals surface area (Å²) in [4.78, 5) is 0. The van der Waals surface area contributed by atoms with Gasteiger partial charge >= 0.3 is 0 Å². The lowest BCUT2D eigenvalue weighted by Crippen LogP contribution is -2.43. The predicted octanol–water partition coefficient (Wildman–Crippen LogP) is 2.09. The van der Waals surface area contributed by atoms with Crippen LogP contribution in [0.1, 0.15) is 35.6 Å². The van der Waals surface area contributed by atoms with Crippen molar-refractivity contribution < 1.29 is 9.84 Å². The number of aliphatic hydroxyl groups is 1. The van der Waals surface area contributed by atoms with Crippen molar-refractivity contribution in [2.75, 3.05) is 19.8 Å². The Bertz CT molecular complexity index is 411. The van der Waals surface area contributed by atoms with Gasteiger partial charge in [-0.15, -0.1) is 0 Å². The minimum atomic E-state index is -0.539. The van der Waals surface area contributed by atoms with Gasteiger partial charge < -0.3 is 15.6 Å². The second-order valence-electron chi connectivity index (χ2n) is 5.49. The van der Waals surface area contributed by atoms with Crippen LogP contribution in [-0.2, 0) is 4.74 Å². The summed E-state index contributed by atoms with van der Waals surface area (Å²) in [5, 5.41) is 10.7. The molecule has 1 aromatic rings. The molecular weight excluding hydrogens is 226 g/mol. The molecule has 1 aromatic carbocycles. The zero-order chi connectivity index (χ0) is 13.2. The molecule has 0 aliphatic carbocycles. The van der Waals surface area contributed by atoms with Crippen LogP contribution >= 0.6 is 0 Å². The number of hydrogen-bond donors (Lipinski definition) is 2. The Kier molecular flexibility index (Phi) is 4.05. The Morgan fingerprint density at radius 3 is 2.83 bits per heavy atom. The average molecular weight is 249 g/mol. The van der Waals surface area contributed by atoms with E-state index in [0.29, 0.717) is 13.2 Å². The Morgan fingerprint density at radius 2 is 2.22 bits per heavy atom. The van der Waals surface area contributed by atoms with Gasteiger partial charge in [0.25, 0.3) is 0 Å². The zero-order valence-corrected chi connectivity index (χ0v) is 11.3. The molecule has 100 valence electrons. The van der Waals surface area contributed by atoms with Crippen LogP contribution in [0.3, 0.4) is 0 Å². The molecule has 0 amide bonds. The SMILES string of the molecule is Cc1ccc(C)c(C(O)C2(CN)CCCOC2)c1. The summed E-state index contributed by atoms with van der Waals surface area (Å²) in [7, 11) is 0. The summed E-state index contributed by atoms with van der Waals surface area (Å²) in [5.74, 6) is 0. The van der Waals surface area contributed by atoms with Gasteiger partial charge in [-0.25, -0.2) is 0 Å². The molecule has 1 saturated heterocycles. The molecule has 0 radical (unpaired) electrons. The molecule has 1 aliphatic rings. The van der Waals surface area contributed by atoms with Gasteiger partial charge in [-0.1, -0.05) is 23.8 Å². The van der Waals surface area contributed by atoms with E-state index in [1.807, 2.05) is 13.8 Å². The summed E-state index contributed by atoms with van der Waals surface area (Å²) in [6, 6.07) is 6.19. The minimum Gasteiger partial charge on any atom is -0.388 e. The Morgan fingerprint density at radius 1 is 1.44 bits per heavy atom. The fraction of sp³-hybridized carbons (Fsp3) is 0.600. The van der Waals surface area contributed by atoms with Crippen molar-refractivity contribution in [1.29, 1.82) is 0 Å². The normalized spacial score (nSPS) is 26.0. The van der Waals surface area contributed by atoms with Crippen molar-refractivity contribution in [3.63, 3.8) is 0 Å². The molecule has 3 nitrogen and oxygen atoms in total. The van der Waals surface area contributed by atoms with Gasteiger partial charge in [0.2, 0.25) is 0 Å². The molecule has 2 rings (SSSR count). The molecule has 2 atom stereocenters. The zero-order valence-electron chi connectivity index (χ0n) is 11.3. The van der Waals surface area contributed by atoms with E-state index in [1.165, 1.54) is 5.56 Å². The quantitative estimate of drug-likeness (QED) is 0.862. The molecule has 1 heterocycles. The van der Waals surface area contributed by atoms with Gasteiger partial charge in [0.15, 0.2) is 0 Å². The molecule has 0 bridgehead atoms. The summed E-state index contributed by atoms with van der Waals surface area (Å²) in [6.07, 6.45) is 1.36. The largest absolute Gasteiger partial charge is 0.388 e. The van der Waals surface area contributed by atoms with Crippen molar-refractivity contribution in [3.8, 4) is 0 Å². The van der Waals surface area contributed by atoms with Crippen LogP contribution in [-0.4, -0.2) is 24.9 Å². The van der Waals surface area contributed by atoms with Gasteiger partial charge in [-0.3, -0.25) is 0 Å². The Labute approximate surface area is 109 Å². The second-order valence-corrected chi connectivity index (χ2v) is 5.49. The van der Waals surface area contributed by atoms with Crippen molar-refractivity contribution in [3.05, 3.63) is 34.9 Å². The maximum atomic E-state index is 10.7. The van der Waals surface area contributed by atoms with E-state index in [4.69, 9.17) is 10.5 Å². The Balaban J connectivity index is 2.33. The highest BCUT2D eigenvalue weighted by molar-refractivity contribution is 5.33. The summed E-state index contributed by atoms with van der Waals surface area (Å²) in [5.41, 5.74) is 8.88. The molecule has 1 aliphatic heterocycles. The smallest absolute Gasteiger partial charge is 0.0883 e. The number of rotatable bonds is 3. The van der Waals surface area contributed by atoms with Gasteiger partial charge in [-0.05, 0) is 37.8 Å². The first-order valence-electron chi connectivity index (χ1n) is 6.62. The fourth-order valence-electron chi connectivity index (χ4n) is 2.75. The van der Waals surface area contributed by atoms with E-state index in [1.54, 1.807) is 0 Å². The lowest BCUT2D eigenvalue weighted by atomic mass is 9.74. The van der Waals surface area contributed by atoms with Crippen LogP contribution < -0.4 is 5.73 Å². The maximum absolute atomic E-state index is 10.7. The first-order chi connectivity index (χ1) is 8.59. The van der Waals surface area contributed by atoms with Crippen LogP contribution in [0.4, 0.5) is 0 Å². The average Bonchev–Trinajstić information content (AvgIpc) is 2.41. The topological polar surface area (TPSA) is 55.5 Å². The van der Waals surface area contributed by atoms with E-state index < -0.39 is 6.10 Å². The van der Waals surface area contributed by atoms with Crippen LogP contribution in [0.25, 0.3) is 0 Å². The van der Waals surface area contributed by atoms with Crippen LogP contribution in [0.5, 0.6) is 0 Å². The molecule has 1 fully saturated rings. The lowest BCUT2D eigenvalue weighted by Gasteiger charge is -2.40. The number of aryl methyl sites for hydroxylation is 2. The van der Waals surface area contributed by atoms with Crippen LogP contribution in [0.15, 0.2) is 18.2 Å². The third-order valence-electron chi connectivity index (χ3n) is 4.07. The van der Waals surface area contributed by atoms with E-state index in [0.717, 1.165) is 30.6 Å². The number of aliphatic hydroxyl groups excluding tert-OH is 1. The first-order valence-corrected chi connectivity index (χ1v) is 6.62. The van der Waals surface area contributed by atoms with Crippen molar-refractivity contribution >= 4 is 0 Å². The lowest BCUT2D eigenvalue weighted by molar-refractivity contribution is -0.0784. The highest BCUT2D eigenvalue weighted by atomic mass is 16.5. The summed E-state index contributed by atoms with van der Waals surface area (Å²) < 4.78 is 5.55. The van der Waals surface area contributed by atoms with Crippen molar-refractivity contribution in [2.24, 2.45) is 11.1 Å². The van der Waals surface area contributed by atoms with Crippen molar-refractivity contribution in [2.45, 2.75) is 32.8 Å². The van der Waals surface area contributed by atoms with Crippen LogP contribution in [0, 0.1) is 19.3 Å². The van der Waals surface area contributed by atoms with E-state index in [-0.39, 0.29) is 5.41 Å². The third-order valence-corrected chi connectivity index (χ3v) is 4.07. The number of ether oxygens (including phenoxy) is 1. The fourth-order valence-corrected chi connectivity index (χ4v) is 2.75. The van der Waals surface area contributed by atoms with Gasteiger partial charge in [0.05, 0.1) is 12.7 Å². The van der Waals surface area contributed by atoms with Crippen LogP contribution in [0.2, 0.25) is 0 Å². The molecule has 3 N–H and O–H groups in total. The standard InChI is InChI=1S/C15H23NO2/c1-11-4-5-12(2)13(8-11)14(17)15(9-16)6-3-7-18-10-15/h4-5,8,14,17H,3,6-7,9-10,16H2,1-2H3. The van der Waals surface area contributed by atoms with E-state index in [9.17, 15) is 5.11 Å². The molecule has 2 unspecified atom stereocenters. The molecule has 0 aromatic heterocycles. The molecule has 3 heteroatoms. The first kappa shape index (κ1) is 13.5. The Hall–Kier alpha value is -0.900. The van der Waals surface area contributed by atoms with Gasteiger partial charge in [0.1, 0.15) is 0 Å². The second kappa shape index (κ2) is 5.39. The molecular formula is C15H23NO2. The summed E-state index contributed by atoms with van der Waals surface area (Å²) >= 11 is 0. The van der Waals surface area contributed by atoms with E-state index in [2.05, 4.69) is 18.2 Å². The maximum Gasteiger partial charge on any atom is 0.0883 e. The highest BCUT2D eigenvalue weighted by Gasteiger charge is 2.40. The third kappa shape index (κ3) is 2.44. The van der Waals surface area contributed by atoms with Gasteiger partial charge in [0, 0.05) is 18.6 Å². The molecule has 0 saturated carbocycles. The van der Waals surface area contributed by atoms with E-state index >= 15 is 0 Å².